The molecule has 0 aliphatic heterocycles. The first-order valence-corrected chi connectivity index (χ1v) is 6.38. The molecule has 137 valence electrons. The van der Waals surface area contributed by atoms with Crippen molar-refractivity contribution in [3.05, 3.63) is 21.9 Å². The molecule has 1 rings (SSSR count). The van der Waals surface area contributed by atoms with E-state index >= 15 is 0 Å². The van der Waals surface area contributed by atoms with Gasteiger partial charge in [-0.25, -0.2) is 0 Å². The van der Waals surface area contributed by atoms with Crippen molar-refractivity contribution in [1.82, 2.24) is 5.32 Å². The molecule has 1 aliphatic rings. The SMILES string of the molecule is CO.[B]C1CCC(COC)C1.[CH2-]NC(=O)CCOC.[CH3-].[CH3-].[V].[W+2]. The van der Waals surface area contributed by atoms with Gasteiger partial charge in [-0.15, -0.1) is 0 Å². The van der Waals surface area contributed by atoms with Gasteiger partial charge in [0.25, 0.3) is 0 Å². The molecular weight excluding hydrogens is 504 g/mol. The molecule has 23 heavy (non-hydrogen) atoms. The smallest absolute Gasteiger partial charge is 0.508 e. The van der Waals surface area contributed by atoms with Crippen LogP contribution in [0, 0.1) is 27.8 Å². The van der Waals surface area contributed by atoms with E-state index in [1.807, 2.05) is 0 Å². The maximum absolute atomic E-state index is 10.3. The molecule has 0 bridgehead atoms. The van der Waals surface area contributed by atoms with Crippen LogP contribution in [0.25, 0.3) is 0 Å². The number of carbonyl (C=O) groups excluding carboxylic acids is 1. The molecule has 2 atom stereocenters. The number of carbonyl (C=O) groups is 1. The maximum Gasteiger partial charge on any atom is 2.00 e. The zero-order valence-corrected chi connectivity index (χ0v) is 19.5. The maximum atomic E-state index is 10.3. The fourth-order valence-electron chi connectivity index (χ4n) is 1.78. The van der Waals surface area contributed by atoms with E-state index in [2.05, 4.69) is 17.1 Å². The fraction of sp³-hybridized carbons (Fsp3) is 0.733. The molecule has 2 unspecified atom stereocenters. The fourth-order valence-corrected chi connectivity index (χ4v) is 1.78. The molecule has 0 aromatic heterocycles. The van der Waals surface area contributed by atoms with E-state index in [-0.39, 0.29) is 60.4 Å². The normalized spacial score (nSPS) is 17.1. The van der Waals surface area contributed by atoms with Gasteiger partial charge in [0.05, 0.1) is 14.5 Å². The van der Waals surface area contributed by atoms with Crippen molar-refractivity contribution in [3.63, 3.8) is 0 Å². The van der Waals surface area contributed by atoms with Gasteiger partial charge in [0.1, 0.15) is 0 Å². The van der Waals surface area contributed by atoms with E-state index < -0.39 is 0 Å². The first kappa shape index (κ1) is 39.0. The van der Waals surface area contributed by atoms with E-state index in [1.54, 1.807) is 14.2 Å². The number of hydrogen-bond acceptors (Lipinski definition) is 4. The van der Waals surface area contributed by atoms with Gasteiger partial charge < -0.3 is 34.8 Å². The molecule has 1 aliphatic carbocycles. The van der Waals surface area contributed by atoms with Crippen LogP contribution in [0.1, 0.15) is 25.7 Å². The third-order valence-electron chi connectivity index (χ3n) is 2.71. The third kappa shape index (κ3) is 27.8. The first-order chi connectivity index (χ1) is 9.13. The minimum absolute atomic E-state index is 0. The second-order valence-electron chi connectivity index (χ2n) is 4.24. The zero-order valence-electron chi connectivity index (χ0n) is 15.2. The minimum atomic E-state index is -0.0909. The summed E-state index contributed by atoms with van der Waals surface area (Å²) in [6.45, 7) is 1.36. The zero-order chi connectivity index (χ0) is 15.1. The van der Waals surface area contributed by atoms with Gasteiger partial charge >= 0.3 is 21.1 Å². The van der Waals surface area contributed by atoms with E-state index in [0.29, 0.717) is 18.8 Å². The molecule has 0 saturated heterocycles. The Kier molecular flexibility index (Phi) is 51.8. The largest absolute Gasteiger partial charge is 2.00 e. The predicted octanol–water partition coefficient (Wildman–Crippen LogP) is 1.82. The summed E-state index contributed by atoms with van der Waals surface area (Å²) in [4.78, 5) is 10.3. The van der Waals surface area contributed by atoms with Gasteiger partial charge in [-0.05, 0) is 12.3 Å². The van der Waals surface area contributed by atoms with Crippen molar-refractivity contribution in [2.24, 2.45) is 5.92 Å². The topological polar surface area (TPSA) is 67.8 Å². The number of hydrogen-bond donors (Lipinski definition) is 2. The van der Waals surface area contributed by atoms with Crippen LogP contribution >= 0.6 is 0 Å². The standard InChI is InChI=1S/C7H13BO.C5H10NO2.CH4O.2CH3.V.W/c1-9-5-6-2-3-7(8)4-6;1-6-5(7)3-4-8-2;1-2;;;;/h6-7H,2-5H2,1H3;1,3-4H2,2H3,(H,6,7);2H,1H3;2*1H3;;/q;-1;;2*-1;;+2. The Morgan fingerprint density at radius 2 is 1.78 bits per heavy atom. The Hall–Kier alpha value is 0.688. The quantitative estimate of drug-likeness (QED) is 0.416. The van der Waals surface area contributed by atoms with Crippen molar-refractivity contribution >= 4 is 13.8 Å². The molecular formula is C15H33BNO4VW-. The number of nitrogens with one attached hydrogen (secondary N) is 1. The Labute approximate surface area is 171 Å². The van der Waals surface area contributed by atoms with Gasteiger partial charge in [0, 0.05) is 52.9 Å². The summed E-state index contributed by atoms with van der Waals surface area (Å²) >= 11 is 0. The Morgan fingerprint density at radius 3 is 2.09 bits per heavy atom. The Morgan fingerprint density at radius 1 is 1.26 bits per heavy atom. The summed E-state index contributed by atoms with van der Waals surface area (Å²) in [7, 11) is 13.2. The first-order valence-electron chi connectivity index (χ1n) is 6.38. The van der Waals surface area contributed by atoms with Gasteiger partial charge in [-0.1, -0.05) is 18.7 Å². The van der Waals surface area contributed by atoms with Crippen LogP contribution in [0.4, 0.5) is 0 Å². The molecule has 8 heteroatoms. The molecule has 0 aromatic rings. The number of aliphatic hydroxyl groups is 1. The Balaban J connectivity index is -0.0000000492. The molecule has 0 heterocycles. The van der Waals surface area contributed by atoms with Crippen LogP contribution in [-0.2, 0) is 53.9 Å². The van der Waals surface area contributed by atoms with Crippen LogP contribution in [0.15, 0.2) is 0 Å². The predicted molar refractivity (Wildman–Crippen MR) is 89.7 cm³/mol. The number of aliphatic hydroxyl groups excluding tert-OH is 1. The summed E-state index contributed by atoms with van der Waals surface area (Å²) in [5.74, 6) is 1.10. The van der Waals surface area contributed by atoms with Crippen LogP contribution in [-0.4, -0.2) is 53.4 Å². The third-order valence-corrected chi connectivity index (χ3v) is 2.71. The number of rotatable bonds is 5. The molecule has 0 aromatic carbocycles. The van der Waals surface area contributed by atoms with E-state index in [0.717, 1.165) is 26.1 Å². The number of ether oxygens (including phenoxy) is 2. The van der Waals surface area contributed by atoms with Crippen molar-refractivity contribution in [3.8, 4) is 0 Å². The molecule has 1 saturated carbocycles. The van der Waals surface area contributed by atoms with Gasteiger partial charge in [-0.2, -0.15) is 0 Å². The van der Waals surface area contributed by atoms with Gasteiger partial charge in [0.2, 0.25) is 0 Å². The average Bonchev–Trinajstić information content (AvgIpc) is 2.85. The molecule has 5 nitrogen and oxygen atoms in total. The minimum Gasteiger partial charge on any atom is -0.508 e. The van der Waals surface area contributed by atoms with Crippen molar-refractivity contribution in [1.29, 1.82) is 0 Å². The summed E-state index contributed by atoms with van der Waals surface area (Å²) in [6, 6.07) is 0. The monoisotopic (exact) mass is 537 g/mol. The van der Waals surface area contributed by atoms with Crippen molar-refractivity contribution in [2.45, 2.75) is 31.5 Å². The number of amides is 1. The van der Waals surface area contributed by atoms with E-state index in [9.17, 15) is 4.79 Å². The van der Waals surface area contributed by atoms with Crippen LogP contribution in [0.2, 0.25) is 5.82 Å². The summed E-state index contributed by atoms with van der Waals surface area (Å²) < 4.78 is 9.64. The number of methoxy groups -OCH3 is 2. The summed E-state index contributed by atoms with van der Waals surface area (Å²) in [6.07, 6.45) is 4.00. The van der Waals surface area contributed by atoms with Crippen LogP contribution in [0.3, 0.4) is 0 Å². The van der Waals surface area contributed by atoms with Crippen molar-refractivity contribution in [2.75, 3.05) is 34.5 Å². The summed E-state index contributed by atoms with van der Waals surface area (Å²) in [5, 5.41) is 9.23. The average molecular weight is 537 g/mol. The summed E-state index contributed by atoms with van der Waals surface area (Å²) in [5.41, 5.74) is 0. The second kappa shape index (κ2) is 30.6. The van der Waals surface area contributed by atoms with E-state index in [4.69, 9.17) is 17.7 Å². The molecule has 3 radical (unpaired) electrons. The van der Waals surface area contributed by atoms with E-state index in [1.165, 1.54) is 12.8 Å². The molecule has 2 N–H and O–H groups in total. The van der Waals surface area contributed by atoms with Crippen LogP contribution < -0.4 is 5.32 Å². The van der Waals surface area contributed by atoms with Crippen molar-refractivity contribution < 1.29 is 59.0 Å². The molecule has 1 fully saturated rings. The van der Waals surface area contributed by atoms with Gasteiger partial charge in [0.15, 0.2) is 5.91 Å². The molecule has 1 amide bonds. The van der Waals surface area contributed by atoms with Crippen LogP contribution in [0.5, 0.6) is 0 Å². The van der Waals surface area contributed by atoms with Gasteiger partial charge in [-0.3, -0.25) is 11.8 Å². The second-order valence-corrected chi connectivity index (χ2v) is 4.24. The molecule has 0 spiro atoms. The Bertz CT molecular complexity index is 216.